The van der Waals surface area contributed by atoms with Gasteiger partial charge in [-0.25, -0.2) is 0 Å². The molecule has 124 valence electrons. The normalized spacial score (nSPS) is 30.5. The summed E-state index contributed by atoms with van der Waals surface area (Å²) in [6.07, 6.45) is 1.43. The largest absolute Gasteiger partial charge is 0.367 e. The van der Waals surface area contributed by atoms with Gasteiger partial charge in [0, 0.05) is 15.3 Å². The van der Waals surface area contributed by atoms with Gasteiger partial charge in [-0.05, 0) is 49.9 Å². The molecule has 1 aliphatic heterocycles. The summed E-state index contributed by atoms with van der Waals surface area (Å²) in [6, 6.07) is 6.05. The van der Waals surface area contributed by atoms with E-state index in [4.69, 9.17) is 0 Å². The third kappa shape index (κ3) is 3.20. The van der Waals surface area contributed by atoms with E-state index in [-0.39, 0.29) is 40.0 Å². The molecule has 2 aliphatic rings. The fourth-order valence-corrected chi connectivity index (χ4v) is 4.58. The van der Waals surface area contributed by atoms with Crippen LogP contribution >= 0.6 is 31.9 Å². The summed E-state index contributed by atoms with van der Waals surface area (Å²) >= 11 is 7.21. The van der Waals surface area contributed by atoms with Crippen LogP contribution in [-0.4, -0.2) is 33.0 Å². The van der Waals surface area contributed by atoms with E-state index in [0.717, 1.165) is 5.69 Å². The van der Waals surface area contributed by atoms with Crippen molar-refractivity contribution in [2.24, 2.45) is 11.8 Å². The zero-order chi connectivity index (χ0) is 16.7. The molecule has 23 heavy (non-hydrogen) atoms. The van der Waals surface area contributed by atoms with Gasteiger partial charge in [0.1, 0.15) is 0 Å². The molecule has 1 saturated carbocycles. The third-order valence-corrected chi connectivity index (χ3v) is 7.68. The smallest absolute Gasteiger partial charge is 0.234 e. The van der Waals surface area contributed by atoms with Crippen molar-refractivity contribution >= 4 is 49.4 Å². The number of amides is 2. The zero-order valence-corrected chi connectivity index (χ0v) is 16.4. The van der Waals surface area contributed by atoms with E-state index >= 15 is 0 Å². The molecule has 2 amide bonds. The Hall–Kier alpha value is -0.880. The number of carbonyl (C=O) groups is 2. The molecule has 1 aromatic rings. The molecule has 1 aliphatic carbocycles. The number of anilines is 1. The van der Waals surface area contributed by atoms with E-state index in [1.165, 1.54) is 16.0 Å². The summed E-state index contributed by atoms with van der Waals surface area (Å²) in [6.45, 7) is 4.35. The lowest BCUT2D eigenvalue weighted by molar-refractivity contribution is -0.139. The van der Waals surface area contributed by atoms with Crippen molar-refractivity contribution in [3.05, 3.63) is 29.3 Å². The Bertz CT molecular complexity index is 621. The summed E-state index contributed by atoms with van der Waals surface area (Å²) in [7, 11) is 0. The summed E-state index contributed by atoms with van der Waals surface area (Å²) in [4.78, 5) is 27.0. The Morgan fingerprint density at radius 1 is 1.04 bits per heavy atom. The van der Waals surface area contributed by atoms with Gasteiger partial charge in [-0.15, -0.1) is 0 Å². The van der Waals surface area contributed by atoms with Crippen LogP contribution in [0.5, 0.6) is 0 Å². The van der Waals surface area contributed by atoms with Gasteiger partial charge in [0.25, 0.3) is 0 Å². The summed E-state index contributed by atoms with van der Waals surface area (Å²) in [5, 5.41) is 3.21. The second-order valence-corrected chi connectivity index (χ2v) is 8.81. The van der Waals surface area contributed by atoms with Crippen LogP contribution in [0.15, 0.2) is 18.2 Å². The molecule has 3 rings (SSSR count). The van der Waals surface area contributed by atoms with Crippen molar-refractivity contribution < 1.29 is 9.59 Å². The van der Waals surface area contributed by atoms with Gasteiger partial charge < -0.3 is 5.32 Å². The van der Waals surface area contributed by atoms with Crippen molar-refractivity contribution in [3.63, 3.8) is 0 Å². The van der Waals surface area contributed by atoms with Crippen LogP contribution in [-0.2, 0) is 9.59 Å². The predicted molar refractivity (Wildman–Crippen MR) is 97.9 cm³/mol. The molecule has 1 aromatic carbocycles. The fourth-order valence-electron chi connectivity index (χ4n) is 3.34. The van der Waals surface area contributed by atoms with Gasteiger partial charge in [-0.2, -0.15) is 0 Å². The Morgan fingerprint density at radius 2 is 1.61 bits per heavy atom. The van der Waals surface area contributed by atoms with Gasteiger partial charge in [0.15, 0.2) is 0 Å². The number of alkyl halides is 2. The topological polar surface area (TPSA) is 49.4 Å². The van der Waals surface area contributed by atoms with Crippen LogP contribution in [0.3, 0.4) is 0 Å². The number of carbonyl (C=O) groups excluding carboxylic acids is 2. The number of fused-ring (bicyclic) bond motifs is 1. The molecule has 1 saturated heterocycles. The highest BCUT2D eigenvalue weighted by atomic mass is 79.9. The Kier molecular flexibility index (Phi) is 4.83. The zero-order valence-electron chi connectivity index (χ0n) is 13.2. The number of nitrogens with zero attached hydrogens (tertiary/aromatic N) is 1. The molecule has 1 heterocycles. The lowest BCUT2D eigenvalue weighted by atomic mass is 9.81. The summed E-state index contributed by atoms with van der Waals surface area (Å²) in [5.41, 5.74) is 3.34. The number of hydrogen-bond acceptors (Lipinski definition) is 3. The van der Waals surface area contributed by atoms with E-state index in [9.17, 15) is 9.59 Å². The third-order valence-electron chi connectivity index (χ3n) is 4.95. The average molecular weight is 444 g/mol. The van der Waals surface area contributed by atoms with Crippen LogP contribution in [0.2, 0.25) is 0 Å². The molecule has 1 N–H and O–H groups in total. The second kappa shape index (κ2) is 6.55. The van der Waals surface area contributed by atoms with E-state index in [1.807, 2.05) is 25.1 Å². The van der Waals surface area contributed by atoms with Crippen molar-refractivity contribution in [1.82, 2.24) is 4.90 Å². The van der Waals surface area contributed by atoms with Gasteiger partial charge in [0.2, 0.25) is 11.8 Å². The first-order chi connectivity index (χ1) is 10.9. The number of imide groups is 1. The quantitative estimate of drug-likeness (QED) is 0.573. The Labute approximate surface area is 153 Å². The minimum atomic E-state index is -0.178. The van der Waals surface area contributed by atoms with Gasteiger partial charge in [-0.3, -0.25) is 14.5 Å². The van der Waals surface area contributed by atoms with Crippen molar-refractivity contribution in [3.8, 4) is 0 Å². The number of likely N-dealkylation sites (tertiary alicyclic amines) is 1. The summed E-state index contributed by atoms with van der Waals surface area (Å²) < 4.78 is 0. The molecule has 4 atom stereocenters. The maximum absolute atomic E-state index is 12.6. The number of nitrogens with one attached hydrogen (secondary N) is 1. The van der Waals surface area contributed by atoms with Crippen molar-refractivity contribution in [2.45, 2.75) is 36.3 Å². The molecule has 4 nitrogen and oxygen atoms in total. The van der Waals surface area contributed by atoms with Crippen LogP contribution in [0, 0.1) is 25.7 Å². The molecule has 0 bridgehead atoms. The highest BCUT2D eigenvalue weighted by Crippen LogP contribution is 2.43. The second-order valence-electron chi connectivity index (χ2n) is 6.45. The van der Waals surface area contributed by atoms with E-state index in [0.29, 0.717) is 12.8 Å². The first-order valence-corrected chi connectivity index (χ1v) is 9.66. The first-order valence-electron chi connectivity index (χ1n) is 7.83. The number of benzene rings is 1. The molecule has 2 fully saturated rings. The number of halogens is 2. The molecule has 0 spiro atoms. The molecular formula is C17H20Br2N2O2. The minimum absolute atomic E-state index is 0.0415. The molecule has 0 radical (unpaired) electrons. The minimum Gasteiger partial charge on any atom is -0.367 e. The summed E-state index contributed by atoms with van der Waals surface area (Å²) in [5.74, 6) is -0.440. The molecular weight excluding hydrogens is 424 g/mol. The lowest BCUT2D eigenvalue weighted by Crippen LogP contribution is -2.35. The average Bonchev–Trinajstić information content (AvgIpc) is 2.73. The Balaban J connectivity index is 1.70. The van der Waals surface area contributed by atoms with Crippen molar-refractivity contribution in [2.75, 3.05) is 12.0 Å². The SMILES string of the molecule is Cc1ccc(NCN2C(=O)[C@H]3C[C@H](Br)[C@@H](Br)C[C@H]3C2=O)cc1C. The van der Waals surface area contributed by atoms with Crippen molar-refractivity contribution in [1.29, 1.82) is 0 Å². The predicted octanol–water partition coefficient (Wildman–Crippen LogP) is 3.59. The van der Waals surface area contributed by atoms with E-state index in [2.05, 4.69) is 44.1 Å². The highest BCUT2D eigenvalue weighted by molar-refractivity contribution is 9.12. The monoisotopic (exact) mass is 442 g/mol. The first kappa shape index (κ1) is 17.0. The van der Waals surface area contributed by atoms with Crippen LogP contribution in [0.25, 0.3) is 0 Å². The van der Waals surface area contributed by atoms with Gasteiger partial charge in [0.05, 0.1) is 18.5 Å². The number of rotatable bonds is 3. The maximum atomic E-state index is 12.6. The lowest BCUT2D eigenvalue weighted by Gasteiger charge is -2.29. The van der Waals surface area contributed by atoms with Gasteiger partial charge >= 0.3 is 0 Å². The fraction of sp³-hybridized carbons (Fsp3) is 0.529. The highest BCUT2D eigenvalue weighted by Gasteiger charge is 2.51. The van der Waals surface area contributed by atoms with Crippen LogP contribution < -0.4 is 5.32 Å². The number of aryl methyl sites for hydroxylation is 2. The van der Waals surface area contributed by atoms with E-state index < -0.39 is 0 Å². The van der Waals surface area contributed by atoms with Crippen LogP contribution in [0.1, 0.15) is 24.0 Å². The maximum Gasteiger partial charge on any atom is 0.234 e. The Morgan fingerprint density at radius 3 is 2.13 bits per heavy atom. The molecule has 0 unspecified atom stereocenters. The molecule has 0 aromatic heterocycles. The van der Waals surface area contributed by atoms with E-state index in [1.54, 1.807) is 0 Å². The standard InChI is InChI=1S/C17H20Br2N2O2/c1-9-3-4-11(5-10(9)2)20-8-21-16(22)12-6-14(18)15(19)7-13(12)17(21)23/h3-5,12-15,20H,6-8H2,1-2H3/t12-,13+,14-,15-/m0/s1. The number of hydrogen-bond donors (Lipinski definition) is 1. The van der Waals surface area contributed by atoms with Gasteiger partial charge in [-0.1, -0.05) is 37.9 Å². The molecule has 6 heteroatoms. The van der Waals surface area contributed by atoms with Crippen LogP contribution in [0.4, 0.5) is 5.69 Å².